The predicted octanol–water partition coefficient (Wildman–Crippen LogP) is 7.74. The molecule has 1 fully saturated rings. The van der Waals surface area contributed by atoms with Crippen molar-refractivity contribution in [2.45, 2.75) is 31.1 Å². The highest BCUT2D eigenvalue weighted by Gasteiger charge is 2.26. The normalized spacial score (nSPS) is 17.0. The molecule has 3 heterocycles. The van der Waals surface area contributed by atoms with Crippen molar-refractivity contribution in [2.24, 2.45) is 13.0 Å². The van der Waals surface area contributed by atoms with Gasteiger partial charge in [0.05, 0.1) is 27.7 Å². The summed E-state index contributed by atoms with van der Waals surface area (Å²) >= 11 is 1.88. The van der Waals surface area contributed by atoms with Crippen LogP contribution in [0.3, 0.4) is 0 Å². The molecule has 0 unspecified atom stereocenters. The molecule has 2 aliphatic heterocycles. The van der Waals surface area contributed by atoms with Crippen LogP contribution < -0.4 is 9.47 Å². The first kappa shape index (κ1) is 27.3. The van der Waals surface area contributed by atoms with Gasteiger partial charge >= 0.3 is 0 Å². The third-order valence-corrected chi connectivity index (χ3v) is 9.51. The molecule has 1 saturated heterocycles. The molecule has 0 radical (unpaired) electrons. The van der Waals surface area contributed by atoms with Crippen molar-refractivity contribution in [3.63, 3.8) is 0 Å². The number of thioether (sulfide) groups is 1. The summed E-state index contributed by atoms with van der Waals surface area (Å²) in [5, 5.41) is 11.7. The first-order valence-corrected chi connectivity index (χ1v) is 15.5. The van der Waals surface area contributed by atoms with Crippen LogP contribution in [0.1, 0.15) is 48.6 Å². The molecule has 0 aliphatic carbocycles. The Morgan fingerprint density at radius 3 is 2.51 bits per heavy atom. The van der Waals surface area contributed by atoms with Crippen molar-refractivity contribution >= 4 is 46.6 Å². The number of likely N-dealkylation sites (tertiary alicyclic amines) is 1. The average molecular weight is 558 g/mol. The molecule has 0 N–H and O–H groups in total. The van der Waals surface area contributed by atoms with Crippen molar-refractivity contribution in [3.8, 4) is 6.07 Å². The molecule has 41 heavy (non-hydrogen) atoms. The quantitative estimate of drug-likeness (QED) is 0.218. The Morgan fingerprint density at radius 1 is 0.951 bits per heavy atom. The maximum Gasteiger partial charge on any atom is 0.213 e. The predicted molar refractivity (Wildman–Crippen MR) is 172 cm³/mol. The van der Waals surface area contributed by atoms with Gasteiger partial charge in [0.1, 0.15) is 7.05 Å². The SMILES string of the molecule is CC1CCN(CCCN2/C(=C/c3cc(/C=C/c4ccc(C#N)cc4)[n+](C)c4ccccc34)Sc3ccccc32)CC1. The Kier molecular flexibility index (Phi) is 8.23. The van der Waals surface area contributed by atoms with Crippen LogP contribution in [0.15, 0.2) is 88.8 Å². The smallest absolute Gasteiger partial charge is 0.213 e. The third kappa shape index (κ3) is 6.10. The molecule has 0 spiro atoms. The van der Waals surface area contributed by atoms with Crippen molar-refractivity contribution in [1.82, 2.24) is 4.90 Å². The molecule has 1 aromatic heterocycles. The molecule has 206 valence electrons. The van der Waals surface area contributed by atoms with E-state index in [1.165, 1.54) is 58.0 Å². The summed E-state index contributed by atoms with van der Waals surface area (Å²) in [6.07, 6.45) is 10.5. The van der Waals surface area contributed by atoms with E-state index in [0.29, 0.717) is 5.56 Å². The van der Waals surface area contributed by atoms with E-state index in [4.69, 9.17) is 5.26 Å². The number of aryl methyl sites for hydroxylation is 1. The zero-order valence-corrected chi connectivity index (χ0v) is 24.8. The molecule has 0 amide bonds. The van der Waals surface area contributed by atoms with E-state index in [0.717, 1.165) is 36.7 Å². The van der Waals surface area contributed by atoms with E-state index < -0.39 is 0 Å². The number of hydrogen-bond donors (Lipinski definition) is 0. The van der Waals surface area contributed by atoms with Gasteiger partial charge in [0.15, 0.2) is 0 Å². The first-order valence-electron chi connectivity index (χ1n) is 14.7. The fourth-order valence-corrected chi connectivity index (χ4v) is 7.02. The van der Waals surface area contributed by atoms with Crippen molar-refractivity contribution < 1.29 is 4.57 Å². The summed E-state index contributed by atoms with van der Waals surface area (Å²) in [7, 11) is 2.13. The summed E-state index contributed by atoms with van der Waals surface area (Å²) in [6.45, 7) is 7.04. The second-order valence-corrected chi connectivity index (χ2v) is 12.3. The van der Waals surface area contributed by atoms with Crippen LogP contribution in [0.5, 0.6) is 0 Å². The summed E-state index contributed by atoms with van der Waals surface area (Å²) < 4.78 is 2.26. The highest BCUT2D eigenvalue weighted by atomic mass is 32.2. The molecular weight excluding hydrogens is 520 g/mol. The highest BCUT2D eigenvalue weighted by Crippen LogP contribution is 2.46. The van der Waals surface area contributed by atoms with Crippen molar-refractivity contribution in [3.05, 3.63) is 106 Å². The van der Waals surface area contributed by atoms with Crippen LogP contribution in [0.4, 0.5) is 5.69 Å². The fourth-order valence-electron chi connectivity index (χ4n) is 5.88. The minimum absolute atomic E-state index is 0.678. The topological polar surface area (TPSA) is 34.1 Å². The average Bonchev–Trinajstić information content (AvgIpc) is 3.36. The minimum atomic E-state index is 0.678. The number of benzene rings is 3. The fraction of sp³-hybridized carbons (Fsp3) is 0.278. The van der Waals surface area contributed by atoms with Gasteiger partial charge in [-0.1, -0.05) is 55.1 Å². The van der Waals surface area contributed by atoms with Gasteiger partial charge in [-0.25, -0.2) is 0 Å². The number of para-hydroxylation sites is 2. The van der Waals surface area contributed by atoms with Crippen LogP contribution >= 0.6 is 11.8 Å². The molecule has 0 atom stereocenters. The molecule has 3 aromatic carbocycles. The zero-order valence-electron chi connectivity index (χ0n) is 24.0. The number of hydrogen-bond acceptors (Lipinski definition) is 4. The molecule has 4 aromatic rings. The molecule has 0 saturated carbocycles. The summed E-state index contributed by atoms with van der Waals surface area (Å²) in [6, 6.07) is 29.7. The standard InChI is InChI=1S/C36H37N4S/c1-27-18-22-39(23-19-27)20-7-21-40-34-10-5-6-11-35(34)41-36(40)25-30-24-31(38(2)33-9-4-3-8-32(30)33)17-16-28-12-14-29(26-37)15-13-28/h3-6,8-17,24-25,27H,7,18-23H2,1-2H3/q+1/b17-16+. The lowest BCUT2D eigenvalue weighted by molar-refractivity contribution is -0.646. The minimum Gasteiger partial charge on any atom is -0.335 e. The lowest BCUT2D eigenvalue weighted by Crippen LogP contribution is -2.35. The maximum absolute atomic E-state index is 9.13. The Balaban J connectivity index is 1.31. The second-order valence-electron chi connectivity index (χ2n) is 11.2. The Bertz CT molecular complexity index is 1640. The third-order valence-electron chi connectivity index (χ3n) is 8.40. The maximum atomic E-state index is 9.13. The largest absolute Gasteiger partial charge is 0.335 e. The Labute approximate surface area is 248 Å². The van der Waals surface area contributed by atoms with E-state index in [1.807, 2.05) is 36.0 Å². The molecule has 2 aliphatic rings. The Hall–Kier alpha value is -3.85. The van der Waals surface area contributed by atoms with E-state index in [-0.39, 0.29) is 0 Å². The van der Waals surface area contributed by atoms with E-state index in [2.05, 4.69) is 107 Å². The number of aromatic nitrogens is 1. The molecule has 4 nitrogen and oxygen atoms in total. The Morgan fingerprint density at radius 2 is 1.71 bits per heavy atom. The van der Waals surface area contributed by atoms with Crippen LogP contribution in [0.25, 0.3) is 29.1 Å². The van der Waals surface area contributed by atoms with E-state index >= 15 is 0 Å². The van der Waals surface area contributed by atoms with Gasteiger partial charge in [0.2, 0.25) is 11.2 Å². The lowest BCUT2D eigenvalue weighted by atomic mass is 9.99. The van der Waals surface area contributed by atoms with Crippen LogP contribution in [-0.4, -0.2) is 31.1 Å². The first-order chi connectivity index (χ1) is 20.1. The summed E-state index contributed by atoms with van der Waals surface area (Å²) in [5.41, 5.74) is 6.64. The van der Waals surface area contributed by atoms with Gasteiger partial charge < -0.3 is 9.80 Å². The zero-order chi connectivity index (χ0) is 28.2. The van der Waals surface area contributed by atoms with Gasteiger partial charge in [-0.15, -0.1) is 0 Å². The van der Waals surface area contributed by atoms with Gasteiger partial charge in [-0.05, 0) is 98.4 Å². The molecule has 5 heteroatoms. The van der Waals surface area contributed by atoms with E-state index in [9.17, 15) is 0 Å². The lowest BCUT2D eigenvalue weighted by Gasteiger charge is -2.31. The number of piperidine rings is 1. The summed E-state index contributed by atoms with van der Waals surface area (Å²) in [5.74, 6) is 0.869. The molecule has 0 bridgehead atoms. The van der Waals surface area contributed by atoms with Crippen molar-refractivity contribution in [1.29, 1.82) is 5.26 Å². The number of fused-ring (bicyclic) bond motifs is 2. The second kappa shape index (κ2) is 12.3. The van der Waals surface area contributed by atoms with Gasteiger partial charge in [0, 0.05) is 29.6 Å². The number of anilines is 1. The number of nitriles is 1. The highest BCUT2D eigenvalue weighted by molar-refractivity contribution is 8.03. The molecule has 6 rings (SSSR count). The van der Waals surface area contributed by atoms with Gasteiger partial charge in [-0.3, -0.25) is 0 Å². The number of rotatable bonds is 7. The number of pyridine rings is 1. The van der Waals surface area contributed by atoms with Crippen molar-refractivity contribution in [2.75, 3.05) is 31.1 Å². The van der Waals surface area contributed by atoms with Crippen LogP contribution in [0.2, 0.25) is 0 Å². The van der Waals surface area contributed by atoms with E-state index in [1.54, 1.807) is 0 Å². The number of nitrogens with zero attached hydrogens (tertiary/aromatic N) is 4. The molecular formula is C36H37N4S+. The monoisotopic (exact) mass is 557 g/mol. The van der Waals surface area contributed by atoms with Crippen LogP contribution in [-0.2, 0) is 7.05 Å². The summed E-state index contributed by atoms with van der Waals surface area (Å²) in [4.78, 5) is 6.51. The van der Waals surface area contributed by atoms with Gasteiger partial charge in [-0.2, -0.15) is 9.83 Å². The van der Waals surface area contributed by atoms with Gasteiger partial charge in [0.25, 0.3) is 0 Å². The van der Waals surface area contributed by atoms with Crippen LogP contribution in [0, 0.1) is 17.2 Å².